The van der Waals surface area contributed by atoms with E-state index in [4.69, 9.17) is 0 Å². The number of allylic oxidation sites excluding steroid dienone is 6. The monoisotopic (exact) mass is 450 g/mol. The minimum absolute atomic E-state index is 0.220. The molecule has 0 N–H and O–H groups in total. The van der Waals surface area contributed by atoms with Gasteiger partial charge >= 0.3 is 11.8 Å². The third-order valence-electron chi connectivity index (χ3n) is 3.39. The molecule has 24 heavy (non-hydrogen) atoms. The summed E-state index contributed by atoms with van der Waals surface area (Å²) in [5.74, 6) is -7.83. The Bertz CT molecular complexity index is 673. The number of Topliss-reactive ketones (excluding diaryl/α,β-unsaturated/α-hetero) is 1. The predicted octanol–water partition coefficient (Wildman–Crippen LogP) is 4.45. The molecule has 0 atom stereocenters. The van der Waals surface area contributed by atoms with Crippen LogP contribution in [0.15, 0.2) is 45.3 Å². The van der Waals surface area contributed by atoms with Gasteiger partial charge in [0.2, 0.25) is 0 Å². The molecule has 0 aromatic carbocycles. The Hall–Kier alpha value is 0.450. The van der Waals surface area contributed by atoms with Gasteiger partial charge in [0.05, 0.1) is 9.81 Å². The Balaban J connectivity index is 2.48. The lowest BCUT2D eigenvalue weighted by Gasteiger charge is -2.35. The molecular formula is C13H10F4OS6. The summed E-state index contributed by atoms with van der Waals surface area (Å²) >= 11 is 22.3. The van der Waals surface area contributed by atoms with E-state index in [0.717, 1.165) is 24.3 Å². The van der Waals surface area contributed by atoms with Crippen molar-refractivity contribution in [1.82, 2.24) is 0 Å². The fraction of sp³-hybridized carbons (Fsp3) is 0.308. The maximum atomic E-state index is 13.9. The van der Waals surface area contributed by atoms with Gasteiger partial charge in [0, 0.05) is 11.1 Å². The van der Waals surface area contributed by atoms with E-state index in [2.05, 4.69) is 75.8 Å². The van der Waals surface area contributed by atoms with E-state index in [0.29, 0.717) is 0 Å². The topological polar surface area (TPSA) is 17.1 Å². The van der Waals surface area contributed by atoms with Crippen LogP contribution in [0.5, 0.6) is 0 Å². The zero-order valence-corrected chi connectivity index (χ0v) is 16.8. The molecule has 2 aliphatic rings. The highest BCUT2D eigenvalue weighted by Gasteiger charge is 2.54. The minimum atomic E-state index is -3.51. The van der Waals surface area contributed by atoms with Crippen LogP contribution in [0, 0.1) is 0 Å². The van der Waals surface area contributed by atoms with Gasteiger partial charge in [-0.1, -0.05) is 0 Å². The lowest BCUT2D eigenvalue weighted by molar-refractivity contribution is -0.111. The Labute approximate surface area is 168 Å². The summed E-state index contributed by atoms with van der Waals surface area (Å²) in [6.45, 7) is 0. The molecule has 0 radical (unpaired) electrons. The first-order valence-electron chi connectivity index (χ1n) is 6.11. The molecule has 2 rings (SSSR count). The van der Waals surface area contributed by atoms with Crippen LogP contribution >= 0.6 is 75.8 Å². The highest BCUT2D eigenvalue weighted by molar-refractivity contribution is 8.01. The maximum absolute atomic E-state index is 13.9. The SMILES string of the molecule is O=C(C1=CC(S)(S)C(F)(F)C(S)=C1)C1=CC(S)(S)C(F)(F)C(S)=C1. The van der Waals surface area contributed by atoms with E-state index in [1.54, 1.807) is 0 Å². The maximum Gasteiger partial charge on any atom is 0.305 e. The van der Waals surface area contributed by atoms with Crippen molar-refractivity contribution in [2.24, 2.45) is 0 Å². The average Bonchev–Trinajstić information content (AvgIpc) is 2.41. The quantitative estimate of drug-likeness (QED) is 0.208. The molecular weight excluding hydrogens is 441 g/mol. The molecule has 1 nitrogen and oxygen atoms in total. The van der Waals surface area contributed by atoms with Crippen LogP contribution in [0.1, 0.15) is 0 Å². The molecule has 0 unspecified atom stereocenters. The van der Waals surface area contributed by atoms with Gasteiger partial charge in [-0.3, -0.25) is 4.79 Å². The Kier molecular flexibility index (Phi) is 5.41. The molecule has 0 saturated heterocycles. The third-order valence-corrected chi connectivity index (χ3v) is 5.85. The van der Waals surface area contributed by atoms with Crippen LogP contribution in [0.25, 0.3) is 0 Å². The summed E-state index contributed by atoms with van der Waals surface area (Å²) in [5, 5.41) is 0. The zero-order chi connectivity index (χ0) is 18.7. The normalized spacial score (nSPS) is 26.8. The second-order valence-corrected chi connectivity index (χ2v) is 9.68. The lowest BCUT2D eigenvalue weighted by Crippen LogP contribution is -2.41. The van der Waals surface area contributed by atoms with E-state index in [1.165, 1.54) is 0 Å². The highest BCUT2D eigenvalue weighted by atomic mass is 32.2. The van der Waals surface area contributed by atoms with Gasteiger partial charge in [-0.05, 0) is 24.3 Å². The minimum Gasteiger partial charge on any atom is -0.289 e. The van der Waals surface area contributed by atoms with Crippen molar-refractivity contribution in [2.45, 2.75) is 20.0 Å². The fourth-order valence-corrected chi connectivity index (χ4v) is 4.00. The molecule has 0 aromatic rings. The van der Waals surface area contributed by atoms with E-state index in [-0.39, 0.29) is 11.1 Å². The Morgan fingerprint density at radius 3 is 1.29 bits per heavy atom. The molecule has 0 bridgehead atoms. The van der Waals surface area contributed by atoms with Crippen molar-refractivity contribution in [3.8, 4) is 0 Å². The van der Waals surface area contributed by atoms with Crippen LogP contribution < -0.4 is 0 Å². The first kappa shape index (κ1) is 20.8. The van der Waals surface area contributed by atoms with Crippen LogP contribution in [-0.2, 0) is 4.79 Å². The Morgan fingerprint density at radius 1 is 0.750 bits per heavy atom. The van der Waals surface area contributed by atoms with E-state index in [1.807, 2.05) is 0 Å². The summed E-state index contributed by atoms with van der Waals surface area (Å²) in [5.41, 5.74) is -0.440. The van der Waals surface area contributed by atoms with E-state index in [9.17, 15) is 22.4 Å². The summed E-state index contributed by atoms with van der Waals surface area (Å²) in [7, 11) is 0. The summed E-state index contributed by atoms with van der Waals surface area (Å²) in [4.78, 5) is 11.1. The van der Waals surface area contributed by atoms with Crippen molar-refractivity contribution in [3.05, 3.63) is 45.3 Å². The molecule has 0 amide bonds. The van der Waals surface area contributed by atoms with Gasteiger partial charge in [0.25, 0.3) is 0 Å². The molecule has 0 aliphatic heterocycles. The Morgan fingerprint density at radius 2 is 1.04 bits per heavy atom. The zero-order valence-electron chi connectivity index (χ0n) is 11.4. The number of carbonyl (C=O) groups excluding carboxylic acids is 1. The van der Waals surface area contributed by atoms with Gasteiger partial charge in [0.15, 0.2) is 5.78 Å². The van der Waals surface area contributed by atoms with Gasteiger partial charge in [-0.25, -0.2) is 0 Å². The largest absolute Gasteiger partial charge is 0.305 e. The number of alkyl halides is 4. The number of hydrogen-bond acceptors (Lipinski definition) is 7. The molecule has 11 heteroatoms. The van der Waals surface area contributed by atoms with Crippen LogP contribution in [0.2, 0.25) is 0 Å². The molecule has 0 heterocycles. The van der Waals surface area contributed by atoms with Crippen molar-refractivity contribution < 1.29 is 22.4 Å². The first-order chi connectivity index (χ1) is 10.6. The summed E-state index contributed by atoms with van der Waals surface area (Å²) in [6.07, 6.45) is 3.35. The molecule has 0 saturated carbocycles. The second-order valence-electron chi connectivity index (χ2n) is 5.19. The van der Waals surface area contributed by atoms with Crippen LogP contribution in [0.4, 0.5) is 17.6 Å². The number of carbonyl (C=O) groups is 1. The van der Waals surface area contributed by atoms with Crippen molar-refractivity contribution in [2.75, 3.05) is 0 Å². The summed E-state index contributed by atoms with van der Waals surface area (Å²) < 4.78 is 51.2. The van der Waals surface area contributed by atoms with Crippen molar-refractivity contribution in [1.29, 1.82) is 0 Å². The lowest BCUT2D eigenvalue weighted by atomic mass is 9.92. The summed E-state index contributed by atoms with van der Waals surface area (Å²) in [6, 6.07) is 0. The van der Waals surface area contributed by atoms with Crippen LogP contribution in [0.3, 0.4) is 0 Å². The van der Waals surface area contributed by atoms with Gasteiger partial charge in [0.1, 0.15) is 8.16 Å². The van der Waals surface area contributed by atoms with Crippen molar-refractivity contribution >= 4 is 81.6 Å². The average molecular weight is 451 g/mol. The van der Waals surface area contributed by atoms with Gasteiger partial charge in [-0.2, -0.15) is 68.1 Å². The fourth-order valence-electron chi connectivity index (χ4n) is 1.98. The third kappa shape index (κ3) is 3.24. The van der Waals surface area contributed by atoms with Crippen LogP contribution in [-0.4, -0.2) is 25.8 Å². The van der Waals surface area contributed by atoms with Gasteiger partial charge < -0.3 is 0 Å². The molecule has 0 aromatic heterocycles. The number of rotatable bonds is 2. The number of halogens is 4. The number of thiol groups is 6. The highest BCUT2D eigenvalue weighted by Crippen LogP contribution is 2.51. The smallest absolute Gasteiger partial charge is 0.289 e. The first-order valence-corrected chi connectivity index (χ1v) is 8.79. The molecule has 2 aliphatic carbocycles. The number of ketones is 1. The standard InChI is InChI=1S/C13H10F4OS6/c14-12(15)7(19)1-5(3-10(12,21)22)9(18)6-2-8(20)13(16,17)11(23,24)4-6/h1-4,19-24H. The van der Waals surface area contributed by atoms with E-state index < -0.39 is 35.6 Å². The molecule has 0 spiro atoms. The molecule has 132 valence electrons. The second kappa shape index (κ2) is 6.26. The van der Waals surface area contributed by atoms with Gasteiger partial charge in [-0.15, -0.1) is 25.3 Å². The van der Waals surface area contributed by atoms with Crippen molar-refractivity contribution in [3.63, 3.8) is 0 Å². The predicted molar refractivity (Wildman–Crippen MR) is 107 cm³/mol. The number of hydrogen-bond donors (Lipinski definition) is 6. The molecule has 0 fully saturated rings. The van der Waals surface area contributed by atoms with E-state index >= 15 is 0 Å².